The Morgan fingerprint density at radius 1 is 1.19 bits per heavy atom. The summed E-state index contributed by atoms with van der Waals surface area (Å²) < 4.78 is 16.4. The molecule has 0 radical (unpaired) electrons. The molecule has 0 aliphatic rings. The third kappa shape index (κ3) is 3.63. The first-order chi connectivity index (χ1) is 13.1. The molecule has 2 aromatic carbocycles. The molecule has 8 heteroatoms. The standard InChI is InChI=1S/C19H14BrFN4OS/c20-15-7-3-1-5-13(15)18(26)22-10-9-12-11-27-19-23-17(24-25(12)19)14-6-2-4-8-16(14)21/h1-8,11H,9-10H2,(H,22,26). The van der Waals surface area contributed by atoms with Gasteiger partial charge >= 0.3 is 0 Å². The van der Waals surface area contributed by atoms with Crippen LogP contribution in [0, 0.1) is 5.82 Å². The van der Waals surface area contributed by atoms with E-state index in [1.165, 1.54) is 17.4 Å². The minimum Gasteiger partial charge on any atom is -0.352 e. The highest BCUT2D eigenvalue weighted by Crippen LogP contribution is 2.23. The Labute approximate surface area is 167 Å². The molecule has 2 heterocycles. The van der Waals surface area contributed by atoms with Crippen LogP contribution in [-0.4, -0.2) is 27.0 Å². The Hall–Kier alpha value is -2.58. The molecule has 4 aromatic rings. The van der Waals surface area contributed by atoms with Gasteiger partial charge in [0.2, 0.25) is 4.96 Å². The summed E-state index contributed by atoms with van der Waals surface area (Å²) >= 11 is 4.82. The van der Waals surface area contributed by atoms with E-state index in [0.717, 1.165) is 10.2 Å². The average Bonchev–Trinajstić information content (AvgIpc) is 3.24. The van der Waals surface area contributed by atoms with Crippen LogP contribution in [0.25, 0.3) is 16.3 Å². The highest BCUT2D eigenvalue weighted by atomic mass is 79.9. The van der Waals surface area contributed by atoms with Crippen molar-refractivity contribution in [1.82, 2.24) is 19.9 Å². The maximum atomic E-state index is 14.0. The van der Waals surface area contributed by atoms with Gasteiger partial charge in [-0.2, -0.15) is 4.98 Å². The summed E-state index contributed by atoms with van der Waals surface area (Å²) in [7, 11) is 0. The van der Waals surface area contributed by atoms with Gasteiger partial charge < -0.3 is 5.32 Å². The molecule has 2 aromatic heterocycles. The van der Waals surface area contributed by atoms with E-state index in [0.29, 0.717) is 34.9 Å². The molecule has 0 saturated heterocycles. The van der Waals surface area contributed by atoms with Crippen LogP contribution < -0.4 is 5.32 Å². The monoisotopic (exact) mass is 444 g/mol. The molecule has 0 aliphatic carbocycles. The Morgan fingerprint density at radius 2 is 1.96 bits per heavy atom. The van der Waals surface area contributed by atoms with Gasteiger partial charge in [0.05, 0.1) is 16.8 Å². The van der Waals surface area contributed by atoms with Crippen LogP contribution in [0.3, 0.4) is 0 Å². The third-order valence-corrected chi connectivity index (χ3v) is 5.61. The van der Waals surface area contributed by atoms with Gasteiger partial charge in [-0.25, -0.2) is 8.91 Å². The predicted molar refractivity (Wildman–Crippen MR) is 106 cm³/mol. The fourth-order valence-electron chi connectivity index (χ4n) is 2.70. The number of amides is 1. The summed E-state index contributed by atoms with van der Waals surface area (Å²) in [5.74, 6) is -0.129. The van der Waals surface area contributed by atoms with Crippen molar-refractivity contribution in [2.45, 2.75) is 6.42 Å². The van der Waals surface area contributed by atoms with Crippen molar-refractivity contribution in [2.24, 2.45) is 0 Å². The fraction of sp³-hybridized carbons (Fsp3) is 0.105. The van der Waals surface area contributed by atoms with Gasteiger partial charge in [-0.15, -0.1) is 16.4 Å². The summed E-state index contributed by atoms with van der Waals surface area (Å²) in [5.41, 5.74) is 1.88. The molecule has 4 rings (SSSR count). The Bertz CT molecular complexity index is 1120. The van der Waals surface area contributed by atoms with Gasteiger partial charge in [0, 0.05) is 22.8 Å². The number of carbonyl (C=O) groups is 1. The summed E-state index contributed by atoms with van der Waals surface area (Å²) in [6, 6.07) is 13.7. The number of thiazole rings is 1. The molecule has 1 amide bonds. The third-order valence-electron chi connectivity index (χ3n) is 4.05. The number of rotatable bonds is 5. The van der Waals surface area contributed by atoms with E-state index in [-0.39, 0.29) is 11.7 Å². The van der Waals surface area contributed by atoms with Crippen molar-refractivity contribution < 1.29 is 9.18 Å². The SMILES string of the molecule is O=C(NCCc1csc2nc(-c3ccccc3F)nn12)c1ccccc1Br. The summed E-state index contributed by atoms with van der Waals surface area (Å²) in [6.45, 7) is 0.459. The Kier molecular flexibility index (Phi) is 5.00. The largest absolute Gasteiger partial charge is 0.352 e. The second kappa shape index (κ2) is 7.58. The van der Waals surface area contributed by atoms with Gasteiger partial charge in [0.1, 0.15) is 5.82 Å². The molecular formula is C19H14BrFN4OS. The first kappa shape index (κ1) is 17.8. The lowest BCUT2D eigenvalue weighted by atomic mass is 10.2. The van der Waals surface area contributed by atoms with Crippen LogP contribution >= 0.6 is 27.3 Å². The molecule has 0 saturated carbocycles. The molecule has 0 atom stereocenters. The smallest absolute Gasteiger partial charge is 0.252 e. The second-order valence-electron chi connectivity index (χ2n) is 5.82. The van der Waals surface area contributed by atoms with Gasteiger partial charge in [0.15, 0.2) is 5.82 Å². The minimum atomic E-state index is -0.349. The number of halogens is 2. The van der Waals surface area contributed by atoms with Crippen molar-refractivity contribution >= 4 is 38.1 Å². The zero-order valence-electron chi connectivity index (χ0n) is 14.0. The first-order valence-electron chi connectivity index (χ1n) is 8.24. The number of hydrogen-bond acceptors (Lipinski definition) is 4. The maximum Gasteiger partial charge on any atom is 0.252 e. The van der Waals surface area contributed by atoms with Gasteiger partial charge in [0.25, 0.3) is 5.91 Å². The molecule has 27 heavy (non-hydrogen) atoms. The molecule has 0 aliphatic heterocycles. The van der Waals surface area contributed by atoms with Crippen LogP contribution in [0.2, 0.25) is 0 Å². The number of carbonyl (C=O) groups excluding carboxylic acids is 1. The number of nitrogens with zero attached hydrogens (tertiary/aromatic N) is 3. The molecule has 0 fully saturated rings. The maximum absolute atomic E-state index is 14.0. The van der Waals surface area contributed by atoms with E-state index in [2.05, 4.69) is 31.3 Å². The lowest BCUT2D eigenvalue weighted by Gasteiger charge is -2.06. The van der Waals surface area contributed by atoms with Crippen LogP contribution in [0.4, 0.5) is 4.39 Å². The summed E-state index contributed by atoms with van der Waals surface area (Å²) in [4.78, 5) is 17.4. The van der Waals surface area contributed by atoms with Crippen LogP contribution in [0.5, 0.6) is 0 Å². The van der Waals surface area contributed by atoms with Gasteiger partial charge in [-0.05, 0) is 40.2 Å². The summed E-state index contributed by atoms with van der Waals surface area (Å²) in [5, 5.41) is 9.28. The number of aromatic nitrogens is 3. The zero-order valence-corrected chi connectivity index (χ0v) is 16.4. The van der Waals surface area contributed by atoms with Crippen molar-refractivity contribution in [3.05, 3.63) is 75.5 Å². The van der Waals surface area contributed by atoms with Crippen molar-refractivity contribution in [3.63, 3.8) is 0 Å². The molecule has 0 unspecified atom stereocenters. The fourth-order valence-corrected chi connectivity index (χ4v) is 4.02. The van der Waals surface area contributed by atoms with E-state index >= 15 is 0 Å². The van der Waals surface area contributed by atoms with E-state index in [4.69, 9.17) is 0 Å². The van der Waals surface area contributed by atoms with Crippen LogP contribution in [-0.2, 0) is 6.42 Å². The molecular weight excluding hydrogens is 431 g/mol. The predicted octanol–water partition coefficient (Wildman–Crippen LogP) is 4.33. The molecule has 1 N–H and O–H groups in total. The topological polar surface area (TPSA) is 59.3 Å². The molecule has 5 nitrogen and oxygen atoms in total. The number of benzene rings is 2. The van der Waals surface area contributed by atoms with Crippen LogP contribution in [0.1, 0.15) is 16.1 Å². The van der Waals surface area contributed by atoms with E-state index in [9.17, 15) is 9.18 Å². The Morgan fingerprint density at radius 3 is 2.78 bits per heavy atom. The van der Waals surface area contributed by atoms with E-state index in [1.54, 1.807) is 28.8 Å². The Balaban J connectivity index is 1.48. The normalized spacial score (nSPS) is 11.0. The molecule has 0 bridgehead atoms. The average molecular weight is 445 g/mol. The van der Waals surface area contributed by atoms with Gasteiger partial charge in [-0.3, -0.25) is 4.79 Å². The zero-order chi connectivity index (χ0) is 18.8. The molecule has 136 valence electrons. The summed E-state index contributed by atoms with van der Waals surface area (Å²) in [6.07, 6.45) is 0.594. The lowest BCUT2D eigenvalue weighted by molar-refractivity contribution is 0.0953. The van der Waals surface area contributed by atoms with Crippen molar-refractivity contribution in [1.29, 1.82) is 0 Å². The van der Waals surface area contributed by atoms with E-state index in [1.807, 2.05) is 23.6 Å². The van der Waals surface area contributed by atoms with Crippen LogP contribution in [0.15, 0.2) is 58.4 Å². The van der Waals surface area contributed by atoms with Gasteiger partial charge in [-0.1, -0.05) is 24.3 Å². The van der Waals surface area contributed by atoms with Crippen molar-refractivity contribution in [3.8, 4) is 11.4 Å². The lowest BCUT2D eigenvalue weighted by Crippen LogP contribution is -2.26. The number of fused-ring (bicyclic) bond motifs is 1. The highest BCUT2D eigenvalue weighted by molar-refractivity contribution is 9.10. The number of hydrogen-bond donors (Lipinski definition) is 1. The first-order valence-corrected chi connectivity index (χ1v) is 9.91. The highest BCUT2D eigenvalue weighted by Gasteiger charge is 2.14. The quantitative estimate of drug-likeness (QED) is 0.498. The molecule has 0 spiro atoms. The van der Waals surface area contributed by atoms with E-state index < -0.39 is 0 Å². The minimum absolute atomic E-state index is 0.139. The second-order valence-corrected chi connectivity index (χ2v) is 7.51. The van der Waals surface area contributed by atoms with Crippen molar-refractivity contribution in [2.75, 3.05) is 6.54 Å². The number of nitrogens with one attached hydrogen (secondary N) is 1.